The highest BCUT2D eigenvalue weighted by Gasteiger charge is 2.18. The van der Waals surface area contributed by atoms with Crippen molar-refractivity contribution < 1.29 is 0 Å². The van der Waals surface area contributed by atoms with Crippen LogP contribution in [0, 0.1) is 6.07 Å². The first-order chi connectivity index (χ1) is 12.8. The monoisotopic (exact) mass is 355 g/mol. The Kier molecular flexibility index (Phi) is 6.73. The largest absolute Gasteiger partial charge is 0.261 e. The zero-order valence-corrected chi connectivity index (χ0v) is 17.4. The third kappa shape index (κ3) is 4.12. The van der Waals surface area contributed by atoms with Crippen molar-refractivity contribution >= 4 is 31.0 Å². The lowest BCUT2D eigenvalue weighted by molar-refractivity contribution is 1.04. The Bertz CT molecular complexity index is 849. The summed E-state index contributed by atoms with van der Waals surface area (Å²) in [4.78, 5) is 0. The molecular formula is C25H28Al. The summed E-state index contributed by atoms with van der Waals surface area (Å²) >= 11 is -0.171. The van der Waals surface area contributed by atoms with Gasteiger partial charge in [0, 0.05) is 5.92 Å². The maximum absolute atomic E-state index is 3.36. The van der Waals surface area contributed by atoms with Gasteiger partial charge in [0.25, 0.3) is 14.1 Å². The van der Waals surface area contributed by atoms with Gasteiger partial charge >= 0.3 is 0 Å². The van der Waals surface area contributed by atoms with Gasteiger partial charge in [-0.2, -0.15) is 0 Å². The topological polar surface area (TPSA) is 0 Å². The maximum Gasteiger partial charge on any atom is 0.261 e. The first-order valence-electron chi connectivity index (χ1n) is 9.94. The molecular weight excluding hydrogens is 327 g/mol. The van der Waals surface area contributed by atoms with Crippen molar-refractivity contribution in [3.63, 3.8) is 0 Å². The molecule has 1 atom stereocenters. The zero-order chi connectivity index (χ0) is 18.4. The summed E-state index contributed by atoms with van der Waals surface area (Å²) in [6, 6.07) is 24.7. The average molecular weight is 355 g/mol. The van der Waals surface area contributed by atoms with Gasteiger partial charge in [-0.1, -0.05) is 109 Å². The molecule has 0 saturated heterocycles. The van der Waals surface area contributed by atoms with Crippen LogP contribution in [0.2, 0.25) is 15.8 Å². The normalized spacial score (nSPS) is 14.7. The van der Waals surface area contributed by atoms with Crippen LogP contribution in [-0.4, -0.2) is 14.1 Å². The number of hydrogen-bond donors (Lipinski definition) is 0. The minimum absolute atomic E-state index is 0.171. The molecule has 0 aromatic heterocycles. The second-order valence-electron chi connectivity index (χ2n) is 7.04. The van der Waals surface area contributed by atoms with Gasteiger partial charge in [0.15, 0.2) is 0 Å². The predicted molar refractivity (Wildman–Crippen MR) is 117 cm³/mol. The summed E-state index contributed by atoms with van der Waals surface area (Å²) in [5.74, 6) is 0.319. The predicted octanol–water partition coefficient (Wildman–Crippen LogP) is 7.34. The van der Waals surface area contributed by atoms with Crippen LogP contribution in [0.3, 0.4) is 0 Å². The van der Waals surface area contributed by atoms with Crippen molar-refractivity contribution in [3.05, 3.63) is 89.5 Å². The van der Waals surface area contributed by atoms with Crippen molar-refractivity contribution in [1.29, 1.82) is 0 Å². The Balaban J connectivity index is 0.000000242. The van der Waals surface area contributed by atoms with Crippen molar-refractivity contribution in [2.45, 2.75) is 42.5 Å². The molecule has 0 nitrogen and oxygen atoms in total. The fourth-order valence-corrected chi connectivity index (χ4v) is 5.57. The van der Waals surface area contributed by atoms with E-state index in [1.807, 2.05) is 12.1 Å². The van der Waals surface area contributed by atoms with Crippen molar-refractivity contribution in [2.24, 2.45) is 0 Å². The molecule has 1 unspecified atom stereocenters. The van der Waals surface area contributed by atoms with E-state index >= 15 is 0 Å². The van der Waals surface area contributed by atoms with Gasteiger partial charge in [0.1, 0.15) is 0 Å². The van der Waals surface area contributed by atoms with E-state index in [0.717, 1.165) is 0 Å². The van der Waals surface area contributed by atoms with Gasteiger partial charge < -0.3 is 0 Å². The van der Waals surface area contributed by atoms with Crippen LogP contribution in [0.4, 0.5) is 0 Å². The van der Waals surface area contributed by atoms with Crippen molar-refractivity contribution in [1.82, 2.24) is 0 Å². The van der Waals surface area contributed by atoms with E-state index in [1.54, 1.807) is 0 Å². The van der Waals surface area contributed by atoms with Gasteiger partial charge in [0.2, 0.25) is 0 Å². The molecule has 0 saturated carbocycles. The highest BCUT2D eigenvalue weighted by molar-refractivity contribution is 6.58. The quantitative estimate of drug-likeness (QED) is 0.429. The Morgan fingerprint density at radius 3 is 2.19 bits per heavy atom. The molecule has 1 aliphatic carbocycles. The third-order valence-electron chi connectivity index (χ3n) is 5.57. The van der Waals surface area contributed by atoms with Crippen LogP contribution < -0.4 is 0 Å². The fraction of sp³-hybridized carbons (Fsp3) is 0.280. The lowest BCUT2D eigenvalue weighted by atomic mass is 9.82. The molecule has 0 heterocycles. The molecule has 1 heteroatoms. The van der Waals surface area contributed by atoms with E-state index in [1.165, 1.54) is 43.3 Å². The molecule has 1 radical (unpaired) electrons. The minimum atomic E-state index is -0.171. The molecule has 3 aromatic rings. The summed E-state index contributed by atoms with van der Waals surface area (Å²) < 4.78 is 0. The summed E-state index contributed by atoms with van der Waals surface area (Å²) in [5, 5.41) is 7.18. The van der Waals surface area contributed by atoms with Crippen molar-refractivity contribution in [3.8, 4) is 0 Å². The molecule has 0 aliphatic heterocycles. The highest BCUT2D eigenvalue weighted by atomic mass is 27.2. The van der Waals surface area contributed by atoms with E-state index in [9.17, 15) is 0 Å². The second-order valence-corrected chi connectivity index (χ2v) is 11.2. The number of benzene rings is 3. The molecule has 0 amide bonds. The lowest BCUT2D eigenvalue weighted by Gasteiger charge is -2.21. The van der Waals surface area contributed by atoms with E-state index in [-0.39, 0.29) is 14.1 Å². The van der Waals surface area contributed by atoms with Crippen LogP contribution >= 0.6 is 0 Å². The van der Waals surface area contributed by atoms with Crippen LogP contribution in [0.1, 0.15) is 43.4 Å². The van der Waals surface area contributed by atoms with E-state index in [0.29, 0.717) is 5.92 Å². The first-order valence-corrected chi connectivity index (χ1v) is 12.4. The molecule has 0 spiro atoms. The molecule has 0 bridgehead atoms. The van der Waals surface area contributed by atoms with Crippen LogP contribution in [0.15, 0.2) is 66.7 Å². The summed E-state index contributed by atoms with van der Waals surface area (Å²) in [6.45, 7) is 6.97. The van der Waals surface area contributed by atoms with Crippen molar-refractivity contribution in [2.75, 3.05) is 0 Å². The minimum Gasteiger partial charge on any atom is -0.0967 e. The molecule has 4 rings (SSSR count). The van der Waals surface area contributed by atoms with Gasteiger partial charge in [0.05, 0.1) is 0 Å². The van der Waals surface area contributed by atoms with Crippen LogP contribution in [0.5, 0.6) is 0 Å². The number of hydrogen-bond acceptors (Lipinski definition) is 0. The standard InChI is InChI=1S/C19H13.3C2H5.Al/c1-2-6-14(7-3-1)17-13-12-16-9-4-8-15-10-5-11-18(17)19(15)16;3*1-2;/h1-6,8-13,17H;3*1H2,2H3;. The smallest absolute Gasteiger partial charge is 0.0967 e. The Labute approximate surface area is 163 Å². The Hall–Kier alpha value is -1.81. The summed E-state index contributed by atoms with van der Waals surface area (Å²) in [6.07, 6.45) is 4.52. The van der Waals surface area contributed by atoms with Gasteiger partial charge in [-0.25, -0.2) is 0 Å². The molecule has 0 fully saturated rings. The average Bonchev–Trinajstić information content (AvgIpc) is 2.71. The van der Waals surface area contributed by atoms with E-state index in [4.69, 9.17) is 0 Å². The molecule has 131 valence electrons. The van der Waals surface area contributed by atoms with Gasteiger partial charge in [-0.15, -0.1) is 0 Å². The number of allylic oxidation sites excluding steroid dienone is 1. The van der Waals surface area contributed by atoms with E-state index < -0.39 is 0 Å². The van der Waals surface area contributed by atoms with Crippen LogP contribution in [-0.2, 0) is 0 Å². The summed E-state index contributed by atoms with van der Waals surface area (Å²) in [5.41, 5.74) is 3.94. The SMILES string of the molecule is C[CH2][Al]([CH2]C)[CH2]C.[c]1ccccc1C1C=Cc2cccc3cccc1c23. The third-order valence-corrected chi connectivity index (χ3v) is 9.04. The fourth-order valence-electron chi connectivity index (χ4n) is 3.84. The lowest BCUT2D eigenvalue weighted by Crippen LogP contribution is -2.04. The Morgan fingerprint density at radius 1 is 0.846 bits per heavy atom. The first kappa shape index (κ1) is 19.0. The van der Waals surface area contributed by atoms with Gasteiger partial charge in [-0.05, 0) is 33.5 Å². The van der Waals surface area contributed by atoms with Crippen LogP contribution in [0.25, 0.3) is 16.8 Å². The van der Waals surface area contributed by atoms with Gasteiger partial charge in [-0.3, -0.25) is 0 Å². The number of rotatable bonds is 4. The molecule has 3 aromatic carbocycles. The molecule has 0 N–H and O–H groups in total. The molecule has 1 aliphatic rings. The van der Waals surface area contributed by atoms with E-state index in [2.05, 4.69) is 87.5 Å². The maximum atomic E-state index is 3.36. The zero-order valence-electron chi connectivity index (χ0n) is 16.2. The summed E-state index contributed by atoms with van der Waals surface area (Å²) in [7, 11) is 0. The Morgan fingerprint density at radius 2 is 1.58 bits per heavy atom. The second kappa shape index (κ2) is 9.22. The molecule has 26 heavy (non-hydrogen) atoms. The highest BCUT2D eigenvalue weighted by Crippen LogP contribution is 2.37.